The third-order valence-corrected chi connectivity index (χ3v) is 10.3. The van der Waals surface area contributed by atoms with Crippen molar-refractivity contribution >= 4 is 66.7 Å². The van der Waals surface area contributed by atoms with E-state index in [-0.39, 0.29) is 6.71 Å². The van der Waals surface area contributed by atoms with E-state index in [4.69, 9.17) is 0 Å². The molecule has 0 spiro atoms. The Morgan fingerprint density at radius 1 is 0.378 bits per heavy atom. The van der Waals surface area contributed by atoms with Gasteiger partial charge in [-0.15, -0.1) is 0 Å². The molecule has 4 heterocycles. The van der Waals surface area contributed by atoms with Gasteiger partial charge in [0.2, 0.25) is 0 Å². The summed E-state index contributed by atoms with van der Waals surface area (Å²) in [5, 5.41) is 5.24. The van der Waals surface area contributed by atoms with E-state index in [1.807, 2.05) is 0 Å². The molecule has 0 radical (unpaired) electrons. The van der Waals surface area contributed by atoms with Crippen molar-refractivity contribution in [2.75, 3.05) is 0 Å². The number of nitrogens with zero attached hydrogens (tertiary/aromatic N) is 2. The van der Waals surface area contributed by atoms with E-state index >= 15 is 0 Å². The fraction of sp³-hybridized carbons (Fsp3) is 0. The van der Waals surface area contributed by atoms with Crippen molar-refractivity contribution in [3.05, 3.63) is 152 Å². The van der Waals surface area contributed by atoms with Crippen LogP contribution in [-0.4, -0.2) is 15.8 Å². The third-order valence-electron chi connectivity index (χ3n) is 10.3. The smallest absolute Gasteiger partial charge is 0.252 e. The monoisotopic (exact) mass is 568 g/mol. The molecule has 0 N–H and O–H groups in total. The van der Waals surface area contributed by atoms with Crippen molar-refractivity contribution in [1.82, 2.24) is 9.13 Å². The van der Waals surface area contributed by atoms with Gasteiger partial charge in [0.15, 0.2) is 0 Å². The molecule has 2 aliphatic rings. The second kappa shape index (κ2) is 8.43. The molecule has 0 unspecified atom stereocenters. The molecule has 2 nitrogen and oxygen atoms in total. The molecule has 0 amide bonds. The van der Waals surface area contributed by atoms with Crippen molar-refractivity contribution in [3.63, 3.8) is 0 Å². The highest BCUT2D eigenvalue weighted by Gasteiger charge is 2.42. The van der Waals surface area contributed by atoms with E-state index in [0.717, 1.165) is 0 Å². The van der Waals surface area contributed by atoms with Gasteiger partial charge in [-0.05, 0) is 45.7 Å². The zero-order valence-electron chi connectivity index (χ0n) is 24.4. The SMILES string of the molecule is c1ccc(-c2cc(-c3ccccc3)c3c4c2-n2c5ccccc5c5cccc(c52)B4c2cccc4c5ccccc5n-3c24)cc1. The van der Waals surface area contributed by atoms with Gasteiger partial charge in [0.25, 0.3) is 6.71 Å². The van der Waals surface area contributed by atoms with Crippen LogP contribution in [0.4, 0.5) is 0 Å². The minimum absolute atomic E-state index is 0.0992. The second-order valence-corrected chi connectivity index (χ2v) is 12.4. The molecular weight excluding hydrogens is 543 g/mol. The van der Waals surface area contributed by atoms with Crippen molar-refractivity contribution in [1.29, 1.82) is 0 Å². The topological polar surface area (TPSA) is 9.86 Å². The van der Waals surface area contributed by atoms with Crippen LogP contribution in [-0.2, 0) is 0 Å². The number of rotatable bonds is 2. The molecule has 7 aromatic carbocycles. The lowest BCUT2D eigenvalue weighted by atomic mass is 9.34. The first-order valence-corrected chi connectivity index (χ1v) is 15.7. The van der Waals surface area contributed by atoms with Crippen LogP contribution in [0.5, 0.6) is 0 Å². The van der Waals surface area contributed by atoms with Gasteiger partial charge in [0.05, 0.1) is 22.4 Å². The Morgan fingerprint density at radius 3 is 1.29 bits per heavy atom. The molecule has 0 atom stereocenters. The first-order chi connectivity index (χ1) is 22.4. The maximum atomic E-state index is 2.59. The Kier molecular flexibility index (Phi) is 4.43. The number of hydrogen-bond donors (Lipinski definition) is 0. The lowest BCUT2D eigenvalue weighted by Gasteiger charge is -2.36. The largest absolute Gasteiger partial charge is 0.310 e. The van der Waals surface area contributed by atoms with Gasteiger partial charge in [-0.1, -0.05) is 133 Å². The van der Waals surface area contributed by atoms with Crippen LogP contribution < -0.4 is 16.4 Å². The standard InChI is InChI=1S/C42H25BN2/c1-3-13-26(14-4-1)32-25-33(27-15-5-2-6-16-27)42-38-41(32)44-36-23-9-7-17-28(36)30-19-11-21-34(39(30)44)43(38)35-22-12-20-31-29-18-8-10-24-37(29)45(42)40(31)35/h1-25H. The molecule has 3 heteroatoms. The molecule has 11 rings (SSSR count). The average Bonchev–Trinajstić information content (AvgIpc) is 3.63. The Balaban J connectivity index is 1.46. The molecule has 206 valence electrons. The molecule has 0 saturated carbocycles. The Labute approximate surface area is 260 Å². The van der Waals surface area contributed by atoms with E-state index in [0.29, 0.717) is 0 Å². The van der Waals surface area contributed by atoms with Gasteiger partial charge >= 0.3 is 0 Å². The van der Waals surface area contributed by atoms with Crippen LogP contribution in [0.25, 0.3) is 77.2 Å². The zero-order chi connectivity index (χ0) is 29.2. The number of hydrogen-bond acceptors (Lipinski definition) is 0. The number of benzene rings is 7. The molecule has 45 heavy (non-hydrogen) atoms. The Hall–Kier alpha value is -5.80. The van der Waals surface area contributed by atoms with Gasteiger partial charge in [0.1, 0.15) is 0 Å². The predicted molar refractivity (Wildman–Crippen MR) is 191 cm³/mol. The lowest BCUT2D eigenvalue weighted by molar-refractivity contribution is 1.15. The molecule has 0 aliphatic carbocycles. The van der Waals surface area contributed by atoms with Gasteiger partial charge < -0.3 is 9.13 Å². The Morgan fingerprint density at radius 2 is 0.800 bits per heavy atom. The highest BCUT2D eigenvalue weighted by Crippen LogP contribution is 2.45. The summed E-state index contributed by atoms with van der Waals surface area (Å²) in [7, 11) is 0. The third kappa shape index (κ3) is 2.87. The van der Waals surface area contributed by atoms with Crippen LogP contribution in [0.1, 0.15) is 0 Å². The zero-order valence-corrected chi connectivity index (χ0v) is 24.4. The van der Waals surface area contributed by atoms with E-state index in [1.54, 1.807) is 0 Å². The molecular formula is C42H25BN2. The molecule has 9 aromatic rings. The quantitative estimate of drug-likeness (QED) is 0.186. The number of fused-ring (bicyclic) bond motifs is 10. The van der Waals surface area contributed by atoms with Crippen LogP contribution in [0.2, 0.25) is 0 Å². The predicted octanol–water partition coefficient (Wildman–Crippen LogP) is 8.36. The molecule has 2 aromatic heterocycles. The first kappa shape index (κ1) is 23.6. The minimum Gasteiger partial charge on any atom is -0.310 e. The van der Waals surface area contributed by atoms with Gasteiger partial charge in [-0.25, -0.2) is 0 Å². The molecule has 2 aliphatic heterocycles. The number of aromatic nitrogens is 2. The molecule has 0 fully saturated rings. The summed E-state index contributed by atoms with van der Waals surface area (Å²) in [5.74, 6) is 0. The van der Waals surface area contributed by atoms with Crippen LogP contribution in [0.15, 0.2) is 152 Å². The van der Waals surface area contributed by atoms with Crippen molar-refractivity contribution < 1.29 is 0 Å². The number of para-hydroxylation sites is 4. The summed E-state index contributed by atoms with van der Waals surface area (Å²) < 4.78 is 5.17. The minimum atomic E-state index is 0.0992. The van der Waals surface area contributed by atoms with Gasteiger partial charge in [-0.3, -0.25) is 0 Å². The molecule has 0 bridgehead atoms. The van der Waals surface area contributed by atoms with E-state index in [1.165, 1.54) is 93.6 Å². The lowest BCUT2D eigenvalue weighted by Crippen LogP contribution is -2.59. The fourth-order valence-corrected chi connectivity index (χ4v) is 8.61. The van der Waals surface area contributed by atoms with Gasteiger partial charge in [0, 0.05) is 43.7 Å². The van der Waals surface area contributed by atoms with Crippen molar-refractivity contribution in [3.8, 4) is 33.6 Å². The molecule has 0 saturated heterocycles. The highest BCUT2D eigenvalue weighted by molar-refractivity contribution is 7.00. The van der Waals surface area contributed by atoms with Crippen LogP contribution in [0, 0.1) is 0 Å². The van der Waals surface area contributed by atoms with E-state index in [9.17, 15) is 0 Å². The second-order valence-electron chi connectivity index (χ2n) is 12.4. The van der Waals surface area contributed by atoms with Gasteiger partial charge in [-0.2, -0.15) is 0 Å². The van der Waals surface area contributed by atoms with Crippen LogP contribution >= 0.6 is 0 Å². The summed E-state index contributed by atoms with van der Waals surface area (Å²) in [6.07, 6.45) is 0. The fourth-order valence-electron chi connectivity index (χ4n) is 8.61. The first-order valence-electron chi connectivity index (χ1n) is 15.7. The van der Waals surface area contributed by atoms with E-state index in [2.05, 4.69) is 161 Å². The summed E-state index contributed by atoms with van der Waals surface area (Å²) in [6.45, 7) is 0.0992. The normalized spacial score (nSPS) is 12.8. The summed E-state index contributed by atoms with van der Waals surface area (Å²) in [6, 6.07) is 56.2. The Bertz CT molecular complexity index is 2510. The maximum absolute atomic E-state index is 2.59. The van der Waals surface area contributed by atoms with Crippen LogP contribution in [0.3, 0.4) is 0 Å². The summed E-state index contributed by atoms with van der Waals surface area (Å²) in [4.78, 5) is 0. The maximum Gasteiger partial charge on any atom is 0.252 e. The average molecular weight is 568 g/mol. The summed E-state index contributed by atoms with van der Waals surface area (Å²) in [5.41, 5.74) is 16.9. The highest BCUT2D eigenvalue weighted by atomic mass is 15.0. The van der Waals surface area contributed by atoms with Crippen molar-refractivity contribution in [2.45, 2.75) is 0 Å². The van der Waals surface area contributed by atoms with Crippen molar-refractivity contribution in [2.24, 2.45) is 0 Å². The van der Waals surface area contributed by atoms with E-state index < -0.39 is 0 Å². The summed E-state index contributed by atoms with van der Waals surface area (Å²) >= 11 is 0.